The number of aryl methyl sites for hydroxylation is 1. The van der Waals surface area contributed by atoms with Crippen molar-refractivity contribution in [1.29, 1.82) is 0 Å². The van der Waals surface area contributed by atoms with Crippen molar-refractivity contribution in [3.63, 3.8) is 0 Å². The number of nitrogens with one attached hydrogen (secondary N) is 2. The van der Waals surface area contributed by atoms with Gasteiger partial charge in [0.05, 0.1) is 13.2 Å². The van der Waals surface area contributed by atoms with Gasteiger partial charge in [0.15, 0.2) is 5.78 Å². The molecule has 30 heavy (non-hydrogen) atoms. The van der Waals surface area contributed by atoms with Crippen molar-refractivity contribution in [1.82, 2.24) is 10.2 Å². The van der Waals surface area contributed by atoms with E-state index in [1.54, 1.807) is 6.07 Å². The monoisotopic (exact) mass is 417 g/mol. The number of aliphatic carboxylic acids is 1. The molecule has 1 fully saturated rings. The second-order valence-electron chi connectivity index (χ2n) is 7.50. The zero-order valence-corrected chi connectivity index (χ0v) is 17.2. The van der Waals surface area contributed by atoms with Crippen molar-refractivity contribution >= 4 is 29.1 Å². The number of carbonyl (C=O) groups is 3. The number of Topliss-reactive ketones (excluding diaryl/α,β-unsaturated/α-hetero) is 1. The van der Waals surface area contributed by atoms with E-state index in [9.17, 15) is 19.5 Å². The predicted octanol–water partition coefficient (Wildman–Crippen LogP) is 0.643. The van der Waals surface area contributed by atoms with Gasteiger partial charge in [0, 0.05) is 43.9 Å². The van der Waals surface area contributed by atoms with Crippen LogP contribution in [0.2, 0.25) is 0 Å². The molecule has 4 N–H and O–H groups in total. The Labute approximate surface area is 174 Å². The van der Waals surface area contributed by atoms with E-state index < -0.39 is 35.5 Å². The molecule has 0 radical (unpaired) electrons. The average Bonchev–Trinajstić information content (AvgIpc) is 2.71. The van der Waals surface area contributed by atoms with E-state index in [2.05, 4.69) is 15.5 Å². The van der Waals surface area contributed by atoms with Gasteiger partial charge in [-0.05, 0) is 36.6 Å². The first-order chi connectivity index (χ1) is 14.3. The highest BCUT2D eigenvalue weighted by atomic mass is 16.5. The Balaban J connectivity index is 1.81. The number of amides is 1. The predicted molar refractivity (Wildman–Crippen MR) is 111 cm³/mol. The summed E-state index contributed by atoms with van der Waals surface area (Å²) in [6, 6.07) is 1.76. The number of carboxylic acid groups (broad SMARTS) is 1. The third-order valence-corrected chi connectivity index (χ3v) is 5.48. The number of hydrogen-bond acceptors (Lipinski definition) is 7. The standard InChI is InChI=1S/C21H27N3O6/c1-12-9-15-14(10-16(25)18(20(15)28)21(29)23-11-17(26)27)13(2)19(12)22-3-4-24-5-7-30-8-6-24/h9,22,28H,3-8,10-11H2,1-2H3,(H,23,29)(H,26,27). The maximum atomic E-state index is 12.6. The van der Waals surface area contributed by atoms with E-state index in [1.807, 2.05) is 13.8 Å². The Morgan fingerprint density at radius 3 is 2.60 bits per heavy atom. The topological polar surface area (TPSA) is 128 Å². The first-order valence-electron chi connectivity index (χ1n) is 9.93. The molecule has 9 nitrogen and oxygen atoms in total. The number of ketones is 1. The molecular formula is C21H27N3O6. The van der Waals surface area contributed by atoms with Crippen LogP contribution in [0.15, 0.2) is 11.6 Å². The summed E-state index contributed by atoms with van der Waals surface area (Å²) >= 11 is 0. The Bertz CT molecular complexity index is 902. The molecule has 162 valence electrons. The van der Waals surface area contributed by atoms with Crippen LogP contribution in [0.3, 0.4) is 0 Å². The molecule has 9 heteroatoms. The molecule has 1 saturated heterocycles. The Hall–Kier alpha value is -2.91. The van der Waals surface area contributed by atoms with E-state index in [4.69, 9.17) is 9.84 Å². The number of hydrogen-bond donors (Lipinski definition) is 4. The molecule has 1 aliphatic heterocycles. The first-order valence-corrected chi connectivity index (χ1v) is 9.93. The van der Waals surface area contributed by atoms with Crippen molar-refractivity contribution in [2.45, 2.75) is 20.3 Å². The van der Waals surface area contributed by atoms with Gasteiger partial charge in [0.1, 0.15) is 17.9 Å². The molecule has 1 aromatic carbocycles. The third-order valence-electron chi connectivity index (χ3n) is 5.48. The fraction of sp³-hybridized carbons (Fsp3) is 0.476. The smallest absolute Gasteiger partial charge is 0.322 e. The van der Waals surface area contributed by atoms with Crippen LogP contribution in [0, 0.1) is 13.8 Å². The summed E-state index contributed by atoms with van der Waals surface area (Å²) in [6.45, 7) is 8.07. The van der Waals surface area contributed by atoms with E-state index in [0.717, 1.165) is 56.2 Å². The van der Waals surface area contributed by atoms with Crippen LogP contribution in [0.1, 0.15) is 22.3 Å². The normalized spacial score (nSPS) is 16.9. The van der Waals surface area contributed by atoms with Gasteiger partial charge >= 0.3 is 5.97 Å². The highest BCUT2D eigenvalue weighted by Crippen LogP contribution is 2.35. The molecule has 1 heterocycles. The van der Waals surface area contributed by atoms with E-state index >= 15 is 0 Å². The third kappa shape index (κ3) is 4.63. The van der Waals surface area contributed by atoms with Crippen molar-refractivity contribution in [3.8, 4) is 0 Å². The van der Waals surface area contributed by atoms with Gasteiger partial charge in [-0.1, -0.05) is 0 Å². The number of morpholine rings is 1. The van der Waals surface area contributed by atoms with Gasteiger partial charge in [-0.3, -0.25) is 19.3 Å². The van der Waals surface area contributed by atoms with E-state index in [1.165, 1.54) is 0 Å². The quantitative estimate of drug-likeness (QED) is 0.476. The number of benzene rings is 1. The number of aliphatic hydroxyl groups is 1. The minimum absolute atomic E-state index is 0.0283. The lowest BCUT2D eigenvalue weighted by Crippen LogP contribution is -2.39. The minimum Gasteiger partial charge on any atom is -0.506 e. The zero-order valence-electron chi connectivity index (χ0n) is 17.2. The molecule has 0 atom stereocenters. The Morgan fingerprint density at radius 2 is 1.93 bits per heavy atom. The number of nitrogens with zero attached hydrogens (tertiary/aromatic N) is 1. The SMILES string of the molecule is Cc1cc2c(c(C)c1NCCN1CCOCC1)CC(=O)C(C(=O)NCC(=O)O)=C2O. The minimum atomic E-state index is -1.23. The summed E-state index contributed by atoms with van der Waals surface area (Å²) < 4.78 is 5.36. The maximum Gasteiger partial charge on any atom is 0.322 e. The summed E-state index contributed by atoms with van der Waals surface area (Å²) in [5.74, 6) is -3.05. The number of rotatable bonds is 7. The van der Waals surface area contributed by atoms with Gasteiger partial charge in [-0.15, -0.1) is 0 Å². The lowest BCUT2D eigenvalue weighted by molar-refractivity contribution is -0.137. The number of fused-ring (bicyclic) bond motifs is 1. The summed E-state index contributed by atoms with van der Waals surface area (Å²) in [5.41, 5.74) is 3.38. The molecule has 1 amide bonds. The highest BCUT2D eigenvalue weighted by molar-refractivity contribution is 6.26. The Morgan fingerprint density at radius 1 is 1.23 bits per heavy atom. The Kier molecular flexibility index (Phi) is 6.73. The number of carbonyl (C=O) groups excluding carboxylic acids is 2. The number of aliphatic hydroxyl groups excluding tert-OH is 1. The van der Waals surface area contributed by atoms with Crippen molar-refractivity contribution < 1.29 is 29.3 Å². The van der Waals surface area contributed by atoms with Crippen molar-refractivity contribution in [3.05, 3.63) is 33.9 Å². The molecule has 2 aliphatic rings. The lowest BCUT2D eigenvalue weighted by atomic mass is 9.84. The molecule has 0 unspecified atom stereocenters. The van der Waals surface area contributed by atoms with Gasteiger partial charge < -0.3 is 25.6 Å². The molecule has 0 saturated carbocycles. The molecule has 0 aromatic heterocycles. The second kappa shape index (κ2) is 9.27. The number of anilines is 1. The van der Waals surface area contributed by atoms with Crippen molar-refractivity contribution in [2.75, 3.05) is 51.3 Å². The van der Waals surface area contributed by atoms with Crippen LogP contribution < -0.4 is 10.6 Å². The van der Waals surface area contributed by atoms with Crippen LogP contribution in [-0.4, -0.2) is 78.7 Å². The molecule has 0 spiro atoms. The average molecular weight is 417 g/mol. The molecule has 3 rings (SSSR count). The largest absolute Gasteiger partial charge is 0.506 e. The lowest BCUT2D eigenvalue weighted by Gasteiger charge is -2.28. The number of carboxylic acids is 1. The van der Waals surface area contributed by atoms with Gasteiger partial charge in [0.25, 0.3) is 5.91 Å². The van der Waals surface area contributed by atoms with E-state index in [-0.39, 0.29) is 6.42 Å². The number of ether oxygens (including phenoxy) is 1. The van der Waals surface area contributed by atoms with Crippen LogP contribution >= 0.6 is 0 Å². The van der Waals surface area contributed by atoms with Gasteiger partial charge in [0.2, 0.25) is 0 Å². The van der Waals surface area contributed by atoms with Crippen molar-refractivity contribution in [2.24, 2.45) is 0 Å². The van der Waals surface area contributed by atoms with Crippen LogP contribution in [-0.2, 0) is 25.5 Å². The fourth-order valence-corrected chi connectivity index (χ4v) is 3.89. The first kappa shape index (κ1) is 21.8. The fourth-order valence-electron chi connectivity index (χ4n) is 3.89. The van der Waals surface area contributed by atoms with Crippen LogP contribution in [0.25, 0.3) is 5.76 Å². The highest BCUT2D eigenvalue weighted by Gasteiger charge is 2.32. The van der Waals surface area contributed by atoms with Crippen LogP contribution in [0.4, 0.5) is 5.69 Å². The van der Waals surface area contributed by atoms with Crippen LogP contribution in [0.5, 0.6) is 0 Å². The summed E-state index contributed by atoms with van der Waals surface area (Å²) in [4.78, 5) is 37.8. The molecule has 1 aromatic rings. The molecule has 0 bridgehead atoms. The van der Waals surface area contributed by atoms with E-state index in [0.29, 0.717) is 11.1 Å². The maximum absolute atomic E-state index is 12.6. The molecular weight excluding hydrogens is 390 g/mol. The summed E-state index contributed by atoms with van der Waals surface area (Å²) in [5, 5.41) is 24.9. The van der Waals surface area contributed by atoms with Gasteiger partial charge in [-0.2, -0.15) is 0 Å². The molecule has 1 aliphatic carbocycles. The second-order valence-corrected chi connectivity index (χ2v) is 7.50. The summed E-state index contributed by atoms with van der Waals surface area (Å²) in [7, 11) is 0. The summed E-state index contributed by atoms with van der Waals surface area (Å²) in [6.07, 6.45) is -0.0283. The zero-order chi connectivity index (χ0) is 21.8. The van der Waals surface area contributed by atoms with Gasteiger partial charge in [-0.25, -0.2) is 0 Å².